The fraction of sp³-hybridized carbons (Fsp3) is 0.188. The van der Waals surface area contributed by atoms with Gasteiger partial charge in [-0.25, -0.2) is 0 Å². The van der Waals surface area contributed by atoms with Crippen molar-refractivity contribution in [3.8, 4) is 17.6 Å². The number of halogens is 1. The van der Waals surface area contributed by atoms with E-state index in [0.717, 1.165) is 15.7 Å². The third-order valence-corrected chi connectivity index (χ3v) is 3.52. The van der Waals surface area contributed by atoms with Crippen molar-refractivity contribution in [1.29, 1.82) is 5.26 Å². The van der Waals surface area contributed by atoms with Crippen molar-refractivity contribution in [2.45, 2.75) is 6.04 Å². The number of methoxy groups -OCH3 is 2. The summed E-state index contributed by atoms with van der Waals surface area (Å²) in [5.74, 6) is 1.31. The number of nitrogens with one attached hydrogen (secondary N) is 1. The molecular formula is C16H15BrN2O2. The van der Waals surface area contributed by atoms with Crippen LogP contribution in [0.2, 0.25) is 0 Å². The molecule has 0 aliphatic rings. The molecule has 0 amide bonds. The Labute approximate surface area is 132 Å². The van der Waals surface area contributed by atoms with Crippen LogP contribution < -0.4 is 14.8 Å². The second-order valence-corrected chi connectivity index (χ2v) is 5.28. The number of hydrogen-bond acceptors (Lipinski definition) is 4. The number of hydrogen-bond donors (Lipinski definition) is 1. The summed E-state index contributed by atoms with van der Waals surface area (Å²) >= 11 is 3.39. The molecule has 0 aromatic heterocycles. The Kier molecular flexibility index (Phi) is 5.07. The van der Waals surface area contributed by atoms with Gasteiger partial charge in [-0.3, -0.25) is 0 Å². The second-order valence-electron chi connectivity index (χ2n) is 4.36. The highest BCUT2D eigenvalue weighted by Gasteiger charge is 2.13. The highest BCUT2D eigenvalue weighted by Crippen LogP contribution is 2.28. The van der Waals surface area contributed by atoms with E-state index < -0.39 is 6.04 Å². The van der Waals surface area contributed by atoms with Crippen LogP contribution in [0.5, 0.6) is 11.5 Å². The van der Waals surface area contributed by atoms with Gasteiger partial charge in [0.25, 0.3) is 0 Å². The van der Waals surface area contributed by atoms with E-state index in [4.69, 9.17) is 9.47 Å². The van der Waals surface area contributed by atoms with Crippen LogP contribution in [0, 0.1) is 11.3 Å². The Morgan fingerprint density at radius 3 is 2.10 bits per heavy atom. The SMILES string of the molecule is COc1cc(OC)cc(C(C#N)Nc2ccc(Br)cc2)c1. The topological polar surface area (TPSA) is 54.3 Å². The molecule has 21 heavy (non-hydrogen) atoms. The largest absolute Gasteiger partial charge is 0.497 e. The first-order valence-electron chi connectivity index (χ1n) is 6.31. The van der Waals surface area contributed by atoms with Gasteiger partial charge in [-0.15, -0.1) is 0 Å². The van der Waals surface area contributed by atoms with E-state index >= 15 is 0 Å². The van der Waals surface area contributed by atoms with Crippen LogP contribution in [0.3, 0.4) is 0 Å². The molecular weight excluding hydrogens is 332 g/mol. The Morgan fingerprint density at radius 1 is 1.05 bits per heavy atom. The zero-order valence-corrected chi connectivity index (χ0v) is 13.3. The summed E-state index contributed by atoms with van der Waals surface area (Å²) in [5, 5.41) is 12.6. The third-order valence-electron chi connectivity index (χ3n) is 2.99. The maximum atomic E-state index is 9.42. The quantitative estimate of drug-likeness (QED) is 0.883. The maximum absolute atomic E-state index is 9.42. The number of benzene rings is 2. The van der Waals surface area contributed by atoms with Gasteiger partial charge in [0.2, 0.25) is 0 Å². The summed E-state index contributed by atoms with van der Waals surface area (Å²) in [4.78, 5) is 0. The minimum Gasteiger partial charge on any atom is -0.497 e. The molecule has 2 aromatic carbocycles. The van der Waals surface area contributed by atoms with Gasteiger partial charge >= 0.3 is 0 Å². The number of rotatable bonds is 5. The van der Waals surface area contributed by atoms with Gasteiger partial charge in [0.15, 0.2) is 0 Å². The Hall–Kier alpha value is -2.19. The first-order chi connectivity index (χ1) is 10.2. The predicted molar refractivity (Wildman–Crippen MR) is 85.7 cm³/mol. The Balaban J connectivity index is 2.28. The summed E-state index contributed by atoms with van der Waals surface area (Å²) in [5.41, 5.74) is 1.66. The minimum atomic E-state index is -0.491. The molecule has 0 bridgehead atoms. The van der Waals surface area contributed by atoms with Crippen LogP contribution in [0.4, 0.5) is 5.69 Å². The fourth-order valence-electron chi connectivity index (χ4n) is 1.90. The van der Waals surface area contributed by atoms with Crippen molar-refractivity contribution in [3.63, 3.8) is 0 Å². The molecule has 0 saturated carbocycles. The van der Waals surface area contributed by atoms with E-state index in [9.17, 15) is 5.26 Å². The zero-order valence-electron chi connectivity index (χ0n) is 11.8. The van der Waals surface area contributed by atoms with Gasteiger partial charge < -0.3 is 14.8 Å². The van der Waals surface area contributed by atoms with Crippen LogP contribution in [0.15, 0.2) is 46.9 Å². The van der Waals surface area contributed by atoms with Crippen molar-refractivity contribution in [3.05, 3.63) is 52.5 Å². The molecule has 108 valence electrons. The molecule has 0 spiro atoms. The van der Waals surface area contributed by atoms with Crippen molar-refractivity contribution >= 4 is 21.6 Å². The van der Waals surface area contributed by atoms with Crippen LogP contribution >= 0.6 is 15.9 Å². The highest BCUT2D eigenvalue weighted by molar-refractivity contribution is 9.10. The van der Waals surface area contributed by atoms with E-state index in [0.29, 0.717) is 11.5 Å². The van der Waals surface area contributed by atoms with E-state index in [-0.39, 0.29) is 0 Å². The summed E-state index contributed by atoms with van der Waals surface area (Å²) < 4.78 is 11.5. The van der Waals surface area contributed by atoms with Crippen molar-refractivity contribution in [2.75, 3.05) is 19.5 Å². The lowest BCUT2D eigenvalue weighted by Gasteiger charge is -2.15. The lowest BCUT2D eigenvalue weighted by atomic mass is 10.1. The average Bonchev–Trinajstić information content (AvgIpc) is 2.53. The molecule has 0 aliphatic heterocycles. The standard InChI is InChI=1S/C16H15BrN2O2/c1-20-14-7-11(8-15(9-14)21-2)16(10-18)19-13-5-3-12(17)4-6-13/h3-9,16,19H,1-2H3. The predicted octanol–water partition coefficient (Wildman–Crippen LogP) is 4.14. The lowest BCUT2D eigenvalue weighted by Crippen LogP contribution is -2.08. The van der Waals surface area contributed by atoms with E-state index in [1.54, 1.807) is 20.3 Å². The first-order valence-corrected chi connectivity index (χ1v) is 7.10. The van der Waals surface area contributed by atoms with Gasteiger partial charge in [0.05, 0.1) is 20.3 Å². The average molecular weight is 347 g/mol. The van der Waals surface area contributed by atoms with Crippen molar-refractivity contribution < 1.29 is 9.47 Å². The van der Waals surface area contributed by atoms with Gasteiger partial charge in [0.1, 0.15) is 17.5 Å². The van der Waals surface area contributed by atoms with Crippen LogP contribution in [-0.2, 0) is 0 Å². The molecule has 1 unspecified atom stereocenters. The zero-order chi connectivity index (χ0) is 15.2. The van der Waals surface area contributed by atoms with E-state index in [1.165, 1.54) is 0 Å². The summed E-state index contributed by atoms with van der Waals surface area (Å²) in [6.07, 6.45) is 0. The van der Waals surface area contributed by atoms with Gasteiger partial charge in [-0.05, 0) is 42.0 Å². The number of ether oxygens (including phenoxy) is 2. The van der Waals surface area contributed by atoms with E-state index in [2.05, 4.69) is 27.3 Å². The van der Waals surface area contributed by atoms with Crippen molar-refractivity contribution in [1.82, 2.24) is 0 Å². The number of nitriles is 1. The molecule has 0 heterocycles. The van der Waals surface area contributed by atoms with Crippen LogP contribution in [0.1, 0.15) is 11.6 Å². The van der Waals surface area contributed by atoms with Crippen LogP contribution in [0.25, 0.3) is 0 Å². The fourth-order valence-corrected chi connectivity index (χ4v) is 2.16. The summed E-state index contributed by atoms with van der Waals surface area (Å²) in [6.45, 7) is 0. The number of anilines is 1. The molecule has 0 aliphatic carbocycles. The van der Waals surface area contributed by atoms with Crippen molar-refractivity contribution in [2.24, 2.45) is 0 Å². The molecule has 0 saturated heterocycles. The summed E-state index contributed by atoms with van der Waals surface area (Å²) in [7, 11) is 3.17. The third kappa shape index (κ3) is 3.89. The molecule has 0 fully saturated rings. The molecule has 2 aromatic rings. The lowest BCUT2D eigenvalue weighted by molar-refractivity contribution is 0.393. The van der Waals surface area contributed by atoms with Gasteiger partial charge in [-0.2, -0.15) is 5.26 Å². The molecule has 1 atom stereocenters. The summed E-state index contributed by atoms with van der Waals surface area (Å²) in [6, 6.07) is 14.8. The monoisotopic (exact) mass is 346 g/mol. The molecule has 5 heteroatoms. The molecule has 0 radical (unpaired) electrons. The minimum absolute atomic E-state index is 0.491. The van der Waals surface area contributed by atoms with Gasteiger partial charge in [-0.1, -0.05) is 15.9 Å². The second kappa shape index (κ2) is 7.00. The first kappa shape index (κ1) is 15.2. The number of nitrogens with zero attached hydrogens (tertiary/aromatic N) is 1. The molecule has 1 N–H and O–H groups in total. The van der Waals surface area contributed by atoms with Crippen LogP contribution in [-0.4, -0.2) is 14.2 Å². The molecule has 2 rings (SSSR count). The van der Waals surface area contributed by atoms with E-state index in [1.807, 2.05) is 36.4 Å². The smallest absolute Gasteiger partial charge is 0.140 e. The highest BCUT2D eigenvalue weighted by atomic mass is 79.9. The molecule has 4 nitrogen and oxygen atoms in total. The Bertz CT molecular complexity index is 628. The maximum Gasteiger partial charge on any atom is 0.140 e. The van der Waals surface area contributed by atoms with Gasteiger partial charge in [0, 0.05) is 16.2 Å². The normalized spacial score (nSPS) is 11.3. The Morgan fingerprint density at radius 2 is 1.62 bits per heavy atom.